The maximum absolute atomic E-state index is 16.4. The number of fused-ring (bicyclic) bond motifs is 2. The van der Waals surface area contributed by atoms with Crippen molar-refractivity contribution in [3.63, 3.8) is 0 Å². The first-order chi connectivity index (χ1) is 25.0. The fraction of sp³-hybridized carbons (Fsp3) is 0.300. The third-order valence-corrected chi connectivity index (χ3v) is 13.4. The van der Waals surface area contributed by atoms with Crippen molar-refractivity contribution in [1.29, 1.82) is 0 Å². The lowest BCUT2D eigenvalue weighted by molar-refractivity contribution is -0.146. The van der Waals surface area contributed by atoms with Crippen LogP contribution < -0.4 is 10.2 Å². The van der Waals surface area contributed by atoms with E-state index in [9.17, 15) is 14.7 Å². The van der Waals surface area contributed by atoms with E-state index in [-0.39, 0.29) is 30.9 Å². The van der Waals surface area contributed by atoms with E-state index >= 15 is 4.11 Å². The number of hydrogen-bond acceptors (Lipinski definition) is 6. The second kappa shape index (κ2) is 14.5. The standard InChI is InChI=1S/C40H41BrFN5O4Si/c1-26-37(52(2,3)42)36(19-20-46-24-34(44-45-46)32(25-48)28-12-6-4-7-13-28)51-40(26)33-22-30(41)17-18-35(33)47(39(40)50)23-27-11-10-16-31(21-27)43-38(49)29-14-8-5-9-15-29/h4-18,21-22,24,26,32,36-37,48H,19-20,23,25H2,1-3H3,(H,43,49)/t26-,32?,36+,37-,40+/m1/s1. The lowest BCUT2D eigenvalue weighted by Crippen LogP contribution is -2.45. The van der Waals surface area contributed by atoms with E-state index in [1.165, 1.54) is 0 Å². The van der Waals surface area contributed by atoms with Crippen LogP contribution in [0.4, 0.5) is 15.5 Å². The van der Waals surface area contributed by atoms with Gasteiger partial charge in [0.2, 0.25) is 8.41 Å². The van der Waals surface area contributed by atoms with Crippen LogP contribution in [0.25, 0.3) is 0 Å². The molecule has 1 spiro atoms. The number of nitrogens with zero attached hydrogens (tertiary/aromatic N) is 4. The Hall–Kier alpha value is -4.49. The number of benzene rings is 4. The number of carbonyl (C=O) groups is 2. The molecule has 2 aliphatic rings. The summed E-state index contributed by atoms with van der Waals surface area (Å²) in [7, 11) is -3.38. The van der Waals surface area contributed by atoms with Gasteiger partial charge in [0.1, 0.15) is 0 Å². The van der Waals surface area contributed by atoms with Gasteiger partial charge in [0.05, 0.1) is 36.6 Å². The highest BCUT2D eigenvalue weighted by Crippen LogP contribution is 2.60. The first-order valence-electron chi connectivity index (χ1n) is 17.5. The Morgan fingerprint density at radius 3 is 2.48 bits per heavy atom. The minimum atomic E-state index is -3.38. The molecule has 2 amide bonds. The number of aryl methyl sites for hydroxylation is 1. The topological polar surface area (TPSA) is 110 Å². The summed E-state index contributed by atoms with van der Waals surface area (Å²) < 4.78 is 25.9. The Bertz CT molecular complexity index is 2080. The van der Waals surface area contributed by atoms with Crippen molar-refractivity contribution in [2.75, 3.05) is 16.8 Å². The van der Waals surface area contributed by atoms with Gasteiger partial charge < -0.3 is 24.2 Å². The summed E-state index contributed by atoms with van der Waals surface area (Å²) in [5, 5.41) is 21.8. The number of aliphatic hydroxyl groups excluding tert-OH is 1. The third kappa shape index (κ3) is 6.76. The zero-order valence-corrected chi connectivity index (χ0v) is 31.8. The molecule has 3 heterocycles. The SMILES string of the molecule is C[C@@H]1[C@@H]([Si](C)(C)F)[C@H](CCn2cc(C(CO)c3ccccc3)nn2)O[C@@]12C(=O)N(Cc1cccc(NC(=O)c3ccccc3)c1)c1ccc(Br)cc12. The Morgan fingerprint density at radius 1 is 1.04 bits per heavy atom. The molecule has 1 saturated heterocycles. The minimum Gasteiger partial charge on any atom is -0.395 e. The summed E-state index contributed by atoms with van der Waals surface area (Å²) in [6.07, 6.45) is 1.69. The highest BCUT2D eigenvalue weighted by molar-refractivity contribution is 9.10. The lowest BCUT2D eigenvalue weighted by atomic mass is 9.82. The van der Waals surface area contributed by atoms with E-state index < -0.39 is 31.6 Å². The minimum absolute atomic E-state index is 0.113. The van der Waals surface area contributed by atoms with Crippen molar-refractivity contribution in [2.24, 2.45) is 5.92 Å². The van der Waals surface area contributed by atoms with Gasteiger partial charge in [-0.25, -0.2) is 0 Å². The first-order valence-corrected chi connectivity index (χ1v) is 21.2. The van der Waals surface area contributed by atoms with Crippen molar-refractivity contribution < 1.29 is 23.5 Å². The number of halogens is 2. The van der Waals surface area contributed by atoms with Crippen molar-refractivity contribution in [3.8, 4) is 0 Å². The zero-order valence-electron chi connectivity index (χ0n) is 29.2. The van der Waals surface area contributed by atoms with Crippen LogP contribution in [0, 0.1) is 5.92 Å². The number of ether oxygens (including phenoxy) is 1. The number of hydrogen-bond donors (Lipinski definition) is 2. The summed E-state index contributed by atoms with van der Waals surface area (Å²) in [6.45, 7) is 5.86. The van der Waals surface area contributed by atoms with Gasteiger partial charge in [-0.15, -0.1) is 5.10 Å². The van der Waals surface area contributed by atoms with Crippen LogP contribution in [-0.4, -0.2) is 53.0 Å². The molecule has 0 radical (unpaired) electrons. The van der Waals surface area contributed by atoms with Crippen molar-refractivity contribution >= 4 is 47.5 Å². The van der Waals surface area contributed by atoms with E-state index in [2.05, 4.69) is 31.6 Å². The van der Waals surface area contributed by atoms with Crippen LogP contribution in [0.2, 0.25) is 18.6 Å². The first kappa shape index (κ1) is 35.9. The smallest absolute Gasteiger partial charge is 0.264 e. The van der Waals surface area contributed by atoms with Crippen LogP contribution >= 0.6 is 15.9 Å². The van der Waals surface area contributed by atoms with Crippen LogP contribution in [0.5, 0.6) is 0 Å². The molecule has 1 unspecified atom stereocenters. The van der Waals surface area contributed by atoms with E-state index in [1.54, 1.807) is 34.8 Å². The molecule has 0 bridgehead atoms. The molecule has 0 aliphatic carbocycles. The fourth-order valence-corrected chi connectivity index (χ4v) is 11.0. The van der Waals surface area contributed by atoms with Gasteiger partial charge in [0.15, 0.2) is 5.60 Å². The molecule has 9 nitrogen and oxygen atoms in total. The van der Waals surface area contributed by atoms with Crippen LogP contribution in [0.15, 0.2) is 114 Å². The quantitative estimate of drug-likeness (QED) is 0.105. The molecule has 7 rings (SSSR count). The molecule has 5 atom stereocenters. The average molecular weight is 783 g/mol. The molecule has 2 N–H and O–H groups in total. The molecule has 5 aromatic rings. The highest BCUT2D eigenvalue weighted by atomic mass is 79.9. The van der Waals surface area contributed by atoms with Gasteiger partial charge in [0.25, 0.3) is 11.8 Å². The average Bonchev–Trinajstić information content (AvgIpc) is 3.79. The highest BCUT2D eigenvalue weighted by Gasteiger charge is 2.66. The zero-order chi connectivity index (χ0) is 36.6. The summed E-state index contributed by atoms with van der Waals surface area (Å²) in [5.41, 5.74) is 3.15. The largest absolute Gasteiger partial charge is 0.395 e. The molecule has 268 valence electrons. The maximum atomic E-state index is 16.4. The summed E-state index contributed by atoms with van der Waals surface area (Å²) in [5.74, 6) is -1.22. The Labute approximate surface area is 312 Å². The third-order valence-electron chi connectivity index (χ3n) is 10.4. The van der Waals surface area contributed by atoms with Crippen molar-refractivity contribution in [3.05, 3.63) is 142 Å². The fourth-order valence-electron chi connectivity index (χ4n) is 8.07. The molecule has 0 saturated carbocycles. The normalized spacial score (nSPS) is 21.8. The van der Waals surface area contributed by atoms with Crippen LogP contribution in [-0.2, 0) is 28.2 Å². The number of carbonyl (C=O) groups excluding carboxylic acids is 2. The number of aliphatic hydroxyl groups is 1. The molecular weight excluding hydrogens is 741 g/mol. The molecule has 1 fully saturated rings. The molecule has 1 aromatic heterocycles. The van der Waals surface area contributed by atoms with Crippen molar-refractivity contribution in [2.45, 2.75) is 62.7 Å². The molecule has 4 aromatic carbocycles. The Morgan fingerprint density at radius 2 is 1.77 bits per heavy atom. The Balaban J connectivity index is 1.15. The molecule has 12 heteroatoms. The molecular formula is C40H41BrFN5O4Si. The maximum Gasteiger partial charge on any atom is 0.264 e. The summed E-state index contributed by atoms with van der Waals surface area (Å²) >= 11 is 3.61. The second-order valence-electron chi connectivity index (χ2n) is 14.2. The van der Waals surface area contributed by atoms with E-state index in [0.717, 1.165) is 21.2 Å². The number of amides is 2. The van der Waals surface area contributed by atoms with Crippen LogP contribution in [0.1, 0.15) is 52.0 Å². The van der Waals surface area contributed by atoms with Gasteiger partial charge in [0, 0.05) is 45.5 Å². The Kier molecular flexibility index (Phi) is 10.0. The number of nitrogens with one attached hydrogen (secondary N) is 1. The monoisotopic (exact) mass is 781 g/mol. The number of aromatic nitrogens is 3. The predicted octanol–water partition coefficient (Wildman–Crippen LogP) is 7.83. The van der Waals surface area contributed by atoms with E-state index in [4.69, 9.17) is 4.74 Å². The molecule has 52 heavy (non-hydrogen) atoms. The van der Waals surface area contributed by atoms with Gasteiger partial charge in [-0.3, -0.25) is 14.3 Å². The van der Waals surface area contributed by atoms with E-state index in [0.29, 0.717) is 35.6 Å². The van der Waals surface area contributed by atoms with Gasteiger partial charge in [-0.2, -0.15) is 0 Å². The number of anilines is 2. The summed E-state index contributed by atoms with van der Waals surface area (Å²) in [6, 6.07) is 31.8. The predicted molar refractivity (Wildman–Crippen MR) is 204 cm³/mol. The molecule has 2 aliphatic heterocycles. The summed E-state index contributed by atoms with van der Waals surface area (Å²) in [4.78, 5) is 29.5. The second-order valence-corrected chi connectivity index (χ2v) is 18.9. The van der Waals surface area contributed by atoms with Gasteiger partial charge >= 0.3 is 0 Å². The van der Waals surface area contributed by atoms with E-state index in [1.807, 2.05) is 104 Å². The van der Waals surface area contributed by atoms with Gasteiger partial charge in [-0.05, 0) is 73.1 Å². The van der Waals surface area contributed by atoms with Gasteiger partial charge in [-0.1, -0.05) is 88.7 Å². The lowest BCUT2D eigenvalue weighted by Gasteiger charge is -2.31. The van der Waals surface area contributed by atoms with Crippen molar-refractivity contribution in [1.82, 2.24) is 15.0 Å². The van der Waals surface area contributed by atoms with Crippen LogP contribution in [0.3, 0.4) is 0 Å². The number of rotatable bonds is 11.